The van der Waals surface area contributed by atoms with Crippen LogP contribution in [0.1, 0.15) is 24.2 Å². The molecule has 1 amide bonds. The molecular weight excluding hydrogens is 256 g/mol. The number of ether oxygens (including phenoxy) is 2. The smallest absolute Gasteiger partial charge is 0.261 e. The van der Waals surface area contributed by atoms with Crippen molar-refractivity contribution in [1.29, 1.82) is 0 Å². The number of nitrogens with zero attached hydrogens (tertiary/aromatic N) is 1. The lowest BCUT2D eigenvalue weighted by molar-refractivity contribution is 0.0538. The van der Waals surface area contributed by atoms with Gasteiger partial charge in [-0.2, -0.15) is 0 Å². The summed E-state index contributed by atoms with van der Waals surface area (Å²) in [5.74, 6) is 1.06. The van der Waals surface area contributed by atoms with Gasteiger partial charge in [0.05, 0.1) is 14.2 Å². The van der Waals surface area contributed by atoms with Crippen molar-refractivity contribution in [2.45, 2.75) is 25.9 Å². The Labute approximate surface area is 119 Å². The molecule has 1 aromatic carbocycles. The second kappa shape index (κ2) is 6.13. The molecule has 0 aromatic heterocycles. The van der Waals surface area contributed by atoms with E-state index >= 15 is 0 Å². The van der Waals surface area contributed by atoms with Crippen LogP contribution in [0.15, 0.2) is 18.2 Å². The molecule has 1 saturated heterocycles. The van der Waals surface area contributed by atoms with Gasteiger partial charge in [-0.25, -0.2) is 0 Å². The first-order chi connectivity index (χ1) is 9.60. The van der Waals surface area contributed by atoms with Crippen molar-refractivity contribution in [1.82, 2.24) is 10.2 Å². The Morgan fingerprint density at radius 1 is 1.15 bits per heavy atom. The van der Waals surface area contributed by atoms with Crippen LogP contribution in [0.25, 0.3) is 0 Å². The second-order valence-corrected chi connectivity index (χ2v) is 5.11. The fourth-order valence-electron chi connectivity index (χ4n) is 2.72. The maximum absolute atomic E-state index is 12.9. The fraction of sp³-hybridized carbons (Fsp3) is 0.533. The van der Waals surface area contributed by atoms with Crippen molar-refractivity contribution in [2.75, 3.05) is 27.3 Å². The monoisotopic (exact) mass is 278 g/mol. The molecule has 1 aromatic rings. The molecule has 0 spiro atoms. The Morgan fingerprint density at radius 3 is 2.10 bits per heavy atom. The van der Waals surface area contributed by atoms with Gasteiger partial charge < -0.3 is 19.7 Å². The summed E-state index contributed by atoms with van der Waals surface area (Å²) in [6.07, 6.45) is 0. The molecule has 1 fully saturated rings. The Kier molecular flexibility index (Phi) is 4.49. The van der Waals surface area contributed by atoms with Gasteiger partial charge in [0.1, 0.15) is 17.1 Å². The number of amides is 1. The molecule has 1 N–H and O–H groups in total. The van der Waals surface area contributed by atoms with E-state index < -0.39 is 0 Å². The van der Waals surface area contributed by atoms with Gasteiger partial charge >= 0.3 is 0 Å². The van der Waals surface area contributed by atoms with Gasteiger partial charge in [-0.15, -0.1) is 0 Å². The maximum Gasteiger partial charge on any atom is 0.261 e. The molecule has 1 heterocycles. The first-order valence-corrected chi connectivity index (χ1v) is 6.84. The normalized spacial score (nSPS) is 22.5. The van der Waals surface area contributed by atoms with Crippen LogP contribution in [0.2, 0.25) is 0 Å². The third-order valence-electron chi connectivity index (χ3n) is 3.71. The predicted octanol–water partition coefficient (Wildman–Crippen LogP) is 1.53. The Hall–Kier alpha value is -1.75. The zero-order valence-corrected chi connectivity index (χ0v) is 12.5. The van der Waals surface area contributed by atoms with Crippen LogP contribution in [0, 0.1) is 0 Å². The van der Waals surface area contributed by atoms with Crippen molar-refractivity contribution in [3.05, 3.63) is 23.8 Å². The number of piperazine rings is 1. The summed E-state index contributed by atoms with van der Waals surface area (Å²) in [5, 5.41) is 3.32. The highest BCUT2D eigenvalue weighted by atomic mass is 16.5. The van der Waals surface area contributed by atoms with Crippen LogP contribution in [-0.2, 0) is 0 Å². The Morgan fingerprint density at radius 2 is 1.65 bits per heavy atom. The molecule has 1 aliphatic rings. The van der Waals surface area contributed by atoms with Gasteiger partial charge in [0, 0.05) is 25.2 Å². The van der Waals surface area contributed by atoms with E-state index in [2.05, 4.69) is 5.32 Å². The van der Waals surface area contributed by atoms with Crippen LogP contribution in [0.5, 0.6) is 11.5 Å². The molecule has 2 unspecified atom stereocenters. The van der Waals surface area contributed by atoms with E-state index in [1.807, 2.05) is 24.8 Å². The number of carbonyl (C=O) groups is 1. The first kappa shape index (κ1) is 14.7. The minimum atomic E-state index is -0.0409. The number of carbonyl (C=O) groups excluding carboxylic acids is 1. The number of rotatable bonds is 3. The summed E-state index contributed by atoms with van der Waals surface area (Å²) in [5.41, 5.74) is 0.498. The second-order valence-electron chi connectivity index (χ2n) is 5.11. The zero-order chi connectivity index (χ0) is 14.7. The van der Waals surface area contributed by atoms with E-state index in [4.69, 9.17) is 9.47 Å². The van der Waals surface area contributed by atoms with Crippen LogP contribution >= 0.6 is 0 Å². The van der Waals surface area contributed by atoms with Crippen molar-refractivity contribution in [2.24, 2.45) is 0 Å². The number of hydrogen-bond donors (Lipinski definition) is 1. The summed E-state index contributed by atoms with van der Waals surface area (Å²) in [6, 6.07) is 5.67. The van der Waals surface area contributed by atoms with Gasteiger partial charge in [-0.3, -0.25) is 4.79 Å². The number of benzene rings is 1. The molecule has 2 atom stereocenters. The Bertz CT molecular complexity index is 458. The number of hydrogen-bond acceptors (Lipinski definition) is 4. The minimum Gasteiger partial charge on any atom is -0.496 e. The predicted molar refractivity (Wildman–Crippen MR) is 77.5 cm³/mol. The maximum atomic E-state index is 12.9. The minimum absolute atomic E-state index is 0.0409. The first-order valence-electron chi connectivity index (χ1n) is 6.84. The standard InChI is InChI=1S/C15H22N2O3/c1-10-8-16-9-11(2)17(10)15(18)14-12(19-3)6-5-7-13(14)20-4/h5-7,10-11,16H,8-9H2,1-4H3. The van der Waals surface area contributed by atoms with Crippen LogP contribution in [0.4, 0.5) is 0 Å². The topological polar surface area (TPSA) is 50.8 Å². The van der Waals surface area contributed by atoms with Crippen molar-refractivity contribution in [3.8, 4) is 11.5 Å². The van der Waals surface area contributed by atoms with Crippen molar-refractivity contribution >= 4 is 5.91 Å². The number of nitrogens with one attached hydrogen (secondary N) is 1. The molecule has 20 heavy (non-hydrogen) atoms. The molecule has 5 heteroatoms. The molecule has 0 aliphatic carbocycles. The summed E-state index contributed by atoms with van der Waals surface area (Å²) in [4.78, 5) is 14.8. The highest BCUT2D eigenvalue weighted by molar-refractivity contribution is 6.00. The molecule has 2 rings (SSSR count). The average Bonchev–Trinajstić information content (AvgIpc) is 2.45. The molecule has 0 radical (unpaired) electrons. The van der Waals surface area contributed by atoms with Crippen molar-refractivity contribution < 1.29 is 14.3 Å². The molecular formula is C15H22N2O3. The summed E-state index contributed by atoms with van der Waals surface area (Å²) in [6.45, 7) is 5.69. The van der Waals surface area contributed by atoms with Gasteiger partial charge in [-0.1, -0.05) is 6.07 Å². The lowest BCUT2D eigenvalue weighted by Crippen LogP contribution is -2.57. The molecule has 0 bridgehead atoms. The van der Waals surface area contributed by atoms with E-state index in [1.165, 1.54) is 0 Å². The van der Waals surface area contributed by atoms with E-state index in [-0.39, 0.29) is 18.0 Å². The quantitative estimate of drug-likeness (QED) is 0.911. The van der Waals surface area contributed by atoms with Crippen molar-refractivity contribution in [3.63, 3.8) is 0 Å². The summed E-state index contributed by atoms with van der Waals surface area (Å²) < 4.78 is 10.7. The third-order valence-corrected chi connectivity index (χ3v) is 3.71. The van der Waals surface area contributed by atoms with E-state index in [0.717, 1.165) is 13.1 Å². The lowest BCUT2D eigenvalue weighted by Gasteiger charge is -2.39. The molecule has 1 aliphatic heterocycles. The van der Waals surface area contributed by atoms with Gasteiger partial charge in [0.15, 0.2) is 0 Å². The van der Waals surface area contributed by atoms with E-state index in [1.54, 1.807) is 26.4 Å². The van der Waals surface area contributed by atoms with E-state index in [0.29, 0.717) is 17.1 Å². The van der Waals surface area contributed by atoms with E-state index in [9.17, 15) is 4.79 Å². The van der Waals surface area contributed by atoms with Gasteiger partial charge in [0.2, 0.25) is 0 Å². The highest BCUT2D eigenvalue weighted by Crippen LogP contribution is 2.31. The third kappa shape index (κ3) is 2.58. The SMILES string of the molecule is COc1cccc(OC)c1C(=O)N1C(C)CNCC1C. The fourth-order valence-corrected chi connectivity index (χ4v) is 2.72. The van der Waals surface area contributed by atoms with Crippen LogP contribution < -0.4 is 14.8 Å². The van der Waals surface area contributed by atoms with Crippen LogP contribution in [0.3, 0.4) is 0 Å². The average molecular weight is 278 g/mol. The van der Waals surface area contributed by atoms with Gasteiger partial charge in [0.25, 0.3) is 5.91 Å². The van der Waals surface area contributed by atoms with Gasteiger partial charge in [-0.05, 0) is 26.0 Å². The van der Waals surface area contributed by atoms with Crippen LogP contribution in [-0.4, -0.2) is 50.2 Å². The largest absolute Gasteiger partial charge is 0.496 e. The number of methoxy groups -OCH3 is 2. The summed E-state index contributed by atoms with van der Waals surface area (Å²) >= 11 is 0. The lowest BCUT2D eigenvalue weighted by atomic mass is 10.1. The summed E-state index contributed by atoms with van der Waals surface area (Å²) in [7, 11) is 3.13. The molecule has 5 nitrogen and oxygen atoms in total. The molecule has 0 saturated carbocycles. The Balaban J connectivity index is 2.41. The zero-order valence-electron chi connectivity index (χ0n) is 12.5. The molecule has 110 valence electrons. The highest BCUT2D eigenvalue weighted by Gasteiger charge is 2.32.